The molecule has 4 rings (SSSR count). The SMILES string of the molecule is Cc1cc(C)c2cc(CN(Cc3cccs3)Cc3nnnn3C(C)(C)C)c(=O)[nH]c2c1. The van der Waals surface area contributed by atoms with Crippen molar-refractivity contribution in [2.75, 3.05) is 0 Å². The van der Waals surface area contributed by atoms with E-state index < -0.39 is 0 Å². The number of rotatable bonds is 6. The average molecular weight is 437 g/mol. The van der Waals surface area contributed by atoms with Crippen LogP contribution in [0, 0.1) is 13.8 Å². The van der Waals surface area contributed by atoms with E-state index in [-0.39, 0.29) is 11.1 Å². The van der Waals surface area contributed by atoms with E-state index in [0.29, 0.717) is 13.1 Å². The molecule has 0 atom stereocenters. The zero-order valence-electron chi connectivity index (χ0n) is 18.6. The Balaban J connectivity index is 1.69. The molecule has 0 aliphatic rings. The minimum absolute atomic E-state index is 0.0518. The first-order chi connectivity index (χ1) is 14.7. The van der Waals surface area contributed by atoms with Crippen molar-refractivity contribution in [1.29, 1.82) is 0 Å². The molecule has 1 N–H and O–H groups in total. The summed E-state index contributed by atoms with van der Waals surface area (Å²) in [5, 5.41) is 15.5. The van der Waals surface area contributed by atoms with E-state index in [1.165, 1.54) is 4.88 Å². The number of nitrogens with one attached hydrogen (secondary N) is 1. The van der Waals surface area contributed by atoms with Crippen molar-refractivity contribution in [1.82, 2.24) is 30.1 Å². The zero-order valence-corrected chi connectivity index (χ0v) is 19.5. The Bertz CT molecular complexity index is 1250. The summed E-state index contributed by atoms with van der Waals surface area (Å²) in [7, 11) is 0. The van der Waals surface area contributed by atoms with Crippen LogP contribution in [0.15, 0.2) is 40.5 Å². The van der Waals surface area contributed by atoms with E-state index >= 15 is 0 Å². The quantitative estimate of drug-likeness (QED) is 0.491. The lowest BCUT2D eigenvalue weighted by atomic mass is 10.0. The minimum Gasteiger partial charge on any atom is -0.322 e. The van der Waals surface area contributed by atoms with Crippen LogP contribution in [0.25, 0.3) is 10.9 Å². The minimum atomic E-state index is -0.219. The van der Waals surface area contributed by atoms with Crippen molar-refractivity contribution >= 4 is 22.2 Å². The molecule has 0 saturated carbocycles. The Hall–Kier alpha value is -2.84. The standard InChI is InChI=1S/C23H28N6OS/c1-15-9-16(2)19-11-17(22(30)24-20(19)10-15)12-28(13-18-7-6-8-31-18)14-21-25-26-27-29(21)23(3,4)5/h6-11H,12-14H2,1-5H3,(H,24,30). The van der Waals surface area contributed by atoms with Gasteiger partial charge in [0, 0.05) is 34.4 Å². The highest BCUT2D eigenvalue weighted by molar-refractivity contribution is 7.09. The molecule has 0 aliphatic carbocycles. The van der Waals surface area contributed by atoms with Gasteiger partial charge in [-0.2, -0.15) is 0 Å². The highest BCUT2D eigenvalue weighted by Crippen LogP contribution is 2.21. The molecular formula is C23H28N6OS. The van der Waals surface area contributed by atoms with Crippen LogP contribution in [0.4, 0.5) is 0 Å². The summed E-state index contributed by atoms with van der Waals surface area (Å²) in [6.45, 7) is 12.1. The number of benzene rings is 1. The van der Waals surface area contributed by atoms with E-state index in [9.17, 15) is 4.79 Å². The van der Waals surface area contributed by atoms with Gasteiger partial charge in [0.1, 0.15) is 0 Å². The second kappa shape index (κ2) is 8.36. The van der Waals surface area contributed by atoms with Crippen molar-refractivity contribution in [3.05, 3.63) is 73.5 Å². The van der Waals surface area contributed by atoms with Gasteiger partial charge in [-0.15, -0.1) is 16.4 Å². The molecule has 3 heterocycles. The van der Waals surface area contributed by atoms with Crippen molar-refractivity contribution in [2.24, 2.45) is 0 Å². The largest absolute Gasteiger partial charge is 0.322 e. The van der Waals surface area contributed by atoms with Gasteiger partial charge in [0.15, 0.2) is 5.82 Å². The second-order valence-corrected chi connectivity index (χ2v) is 10.1. The molecule has 31 heavy (non-hydrogen) atoms. The molecule has 162 valence electrons. The third kappa shape index (κ3) is 4.75. The van der Waals surface area contributed by atoms with Crippen molar-refractivity contribution < 1.29 is 0 Å². The highest BCUT2D eigenvalue weighted by atomic mass is 32.1. The van der Waals surface area contributed by atoms with Gasteiger partial charge in [0.05, 0.1) is 12.1 Å². The number of thiophene rings is 1. The number of hydrogen-bond acceptors (Lipinski definition) is 6. The van der Waals surface area contributed by atoms with E-state index in [1.54, 1.807) is 11.3 Å². The van der Waals surface area contributed by atoms with Gasteiger partial charge in [-0.1, -0.05) is 12.1 Å². The number of hydrogen-bond donors (Lipinski definition) is 1. The van der Waals surface area contributed by atoms with Gasteiger partial charge < -0.3 is 4.98 Å². The van der Waals surface area contributed by atoms with Crippen LogP contribution in [0.3, 0.4) is 0 Å². The molecule has 7 nitrogen and oxygen atoms in total. The van der Waals surface area contributed by atoms with Crippen molar-refractivity contribution in [3.8, 4) is 0 Å². The summed E-state index contributed by atoms with van der Waals surface area (Å²) in [4.78, 5) is 19.4. The molecule has 8 heteroatoms. The Kier molecular flexibility index (Phi) is 5.77. The molecule has 0 aliphatic heterocycles. The van der Waals surface area contributed by atoms with Crippen LogP contribution in [0.5, 0.6) is 0 Å². The monoisotopic (exact) mass is 436 g/mol. The summed E-state index contributed by atoms with van der Waals surface area (Å²) in [6.07, 6.45) is 0. The van der Waals surface area contributed by atoms with E-state index in [4.69, 9.17) is 0 Å². The van der Waals surface area contributed by atoms with Gasteiger partial charge >= 0.3 is 0 Å². The first kappa shape index (κ1) is 21.4. The second-order valence-electron chi connectivity index (χ2n) is 9.07. The summed E-state index contributed by atoms with van der Waals surface area (Å²) < 4.78 is 1.85. The Labute approximate surface area is 185 Å². The van der Waals surface area contributed by atoms with Crippen LogP contribution >= 0.6 is 11.3 Å². The molecule has 0 spiro atoms. The Morgan fingerprint density at radius 3 is 2.65 bits per heavy atom. The molecule has 0 radical (unpaired) electrons. The lowest BCUT2D eigenvalue weighted by Crippen LogP contribution is -2.31. The van der Waals surface area contributed by atoms with Crippen molar-refractivity contribution in [3.63, 3.8) is 0 Å². The number of fused-ring (bicyclic) bond motifs is 1. The predicted molar refractivity (Wildman–Crippen MR) is 124 cm³/mol. The summed E-state index contributed by atoms with van der Waals surface area (Å²) >= 11 is 1.71. The third-order valence-corrected chi connectivity index (χ3v) is 6.14. The number of tetrazole rings is 1. The lowest BCUT2D eigenvalue weighted by Gasteiger charge is -2.24. The molecule has 0 saturated heterocycles. The number of nitrogens with zero attached hydrogens (tertiary/aromatic N) is 5. The molecule has 0 unspecified atom stereocenters. The van der Waals surface area contributed by atoms with E-state index in [2.05, 4.69) is 70.6 Å². The van der Waals surface area contributed by atoms with Gasteiger partial charge in [-0.05, 0) is 79.8 Å². The number of pyridine rings is 1. The Morgan fingerprint density at radius 1 is 1.13 bits per heavy atom. The smallest absolute Gasteiger partial charge is 0.252 e. The lowest BCUT2D eigenvalue weighted by molar-refractivity contribution is 0.225. The zero-order chi connectivity index (χ0) is 22.2. The molecule has 0 amide bonds. The molecular weight excluding hydrogens is 408 g/mol. The average Bonchev–Trinajstić information content (AvgIpc) is 3.34. The summed E-state index contributed by atoms with van der Waals surface area (Å²) in [5.41, 5.74) is 3.65. The Morgan fingerprint density at radius 2 is 1.94 bits per heavy atom. The predicted octanol–water partition coefficient (Wildman–Crippen LogP) is 4.15. The summed E-state index contributed by atoms with van der Waals surface area (Å²) in [6, 6.07) is 10.4. The first-order valence-electron chi connectivity index (χ1n) is 10.4. The topological polar surface area (TPSA) is 79.7 Å². The first-order valence-corrected chi connectivity index (χ1v) is 11.2. The van der Waals surface area contributed by atoms with Crippen LogP contribution in [0.2, 0.25) is 0 Å². The van der Waals surface area contributed by atoms with Crippen molar-refractivity contribution in [2.45, 2.75) is 59.8 Å². The van der Waals surface area contributed by atoms with Crippen LogP contribution < -0.4 is 5.56 Å². The number of aromatic nitrogens is 5. The van der Waals surface area contributed by atoms with E-state index in [1.807, 2.05) is 29.8 Å². The highest BCUT2D eigenvalue weighted by Gasteiger charge is 2.22. The number of aryl methyl sites for hydroxylation is 2. The summed E-state index contributed by atoms with van der Waals surface area (Å²) in [5.74, 6) is 0.785. The van der Waals surface area contributed by atoms with Gasteiger partial charge in [-0.3, -0.25) is 9.69 Å². The van der Waals surface area contributed by atoms with Crippen LogP contribution in [0.1, 0.15) is 48.2 Å². The van der Waals surface area contributed by atoms with Crippen LogP contribution in [-0.4, -0.2) is 30.1 Å². The molecule has 0 fully saturated rings. The van der Waals surface area contributed by atoms with Gasteiger partial charge in [0.2, 0.25) is 0 Å². The fraction of sp³-hybridized carbons (Fsp3) is 0.391. The molecule has 1 aromatic carbocycles. The maximum absolute atomic E-state index is 12.9. The number of aromatic amines is 1. The number of H-pyrrole nitrogens is 1. The van der Waals surface area contributed by atoms with Crippen LogP contribution in [-0.2, 0) is 25.2 Å². The fourth-order valence-electron chi connectivity index (χ4n) is 3.89. The molecule has 0 bridgehead atoms. The van der Waals surface area contributed by atoms with Gasteiger partial charge in [-0.25, -0.2) is 4.68 Å². The van der Waals surface area contributed by atoms with Gasteiger partial charge in [0.25, 0.3) is 5.56 Å². The molecule has 4 aromatic rings. The third-order valence-electron chi connectivity index (χ3n) is 5.28. The normalized spacial score (nSPS) is 12.2. The molecule has 3 aromatic heterocycles. The maximum Gasteiger partial charge on any atom is 0.252 e. The van der Waals surface area contributed by atoms with E-state index in [0.717, 1.165) is 40.0 Å². The fourth-order valence-corrected chi connectivity index (χ4v) is 4.64. The maximum atomic E-state index is 12.9.